The molecule has 1 aromatic carbocycles. The van der Waals surface area contributed by atoms with Crippen LogP contribution in [-0.2, 0) is 6.54 Å². The third-order valence-electron chi connectivity index (χ3n) is 3.15. The zero-order valence-corrected chi connectivity index (χ0v) is 12.8. The molecule has 0 unspecified atom stereocenters. The molecule has 0 radical (unpaired) electrons. The standard InChI is InChI=1S/C15H22ClNS/c1-11(2)8-9-18-15-12(4-3-5-14(15)16)10-17-13-6-7-13/h3-5,11,13,17H,6-10H2,1-2H3. The van der Waals surface area contributed by atoms with Crippen molar-refractivity contribution < 1.29 is 0 Å². The zero-order valence-electron chi connectivity index (χ0n) is 11.2. The number of benzene rings is 1. The van der Waals surface area contributed by atoms with Crippen LogP contribution in [0.25, 0.3) is 0 Å². The summed E-state index contributed by atoms with van der Waals surface area (Å²) in [6.07, 6.45) is 3.90. The summed E-state index contributed by atoms with van der Waals surface area (Å²) in [5.74, 6) is 1.91. The van der Waals surface area contributed by atoms with Gasteiger partial charge in [0.25, 0.3) is 0 Å². The number of hydrogen-bond acceptors (Lipinski definition) is 2. The van der Waals surface area contributed by atoms with Gasteiger partial charge in [0.1, 0.15) is 0 Å². The van der Waals surface area contributed by atoms with E-state index in [1.165, 1.54) is 29.7 Å². The van der Waals surface area contributed by atoms with Gasteiger partial charge in [-0.3, -0.25) is 0 Å². The monoisotopic (exact) mass is 283 g/mol. The number of thioether (sulfide) groups is 1. The van der Waals surface area contributed by atoms with Crippen LogP contribution in [0, 0.1) is 5.92 Å². The topological polar surface area (TPSA) is 12.0 Å². The maximum Gasteiger partial charge on any atom is 0.0545 e. The number of nitrogens with one attached hydrogen (secondary N) is 1. The summed E-state index contributed by atoms with van der Waals surface area (Å²) >= 11 is 8.23. The number of halogens is 1. The van der Waals surface area contributed by atoms with E-state index < -0.39 is 0 Å². The van der Waals surface area contributed by atoms with E-state index in [0.717, 1.165) is 29.3 Å². The molecule has 0 amide bonds. The van der Waals surface area contributed by atoms with Crippen LogP contribution < -0.4 is 5.32 Å². The molecule has 1 N–H and O–H groups in total. The molecule has 0 bridgehead atoms. The molecule has 1 fully saturated rings. The summed E-state index contributed by atoms with van der Waals surface area (Å²) in [6, 6.07) is 7.00. The van der Waals surface area contributed by atoms with Gasteiger partial charge in [-0.15, -0.1) is 11.8 Å². The lowest BCUT2D eigenvalue weighted by atomic mass is 10.2. The Bertz CT molecular complexity index is 388. The largest absolute Gasteiger partial charge is 0.310 e. The highest BCUT2D eigenvalue weighted by Gasteiger charge is 2.20. The maximum absolute atomic E-state index is 6.33. The molecular formula is C15H22ClNS. The molecule has 2 rings (SSSR count). The first-order valence-corrected chi connectivity index (χ1v) is 8.16. The smallest absolute Gasteiger partial charge is 0.0545 e. The summed E-state index contributed by atoms with van der Waals surface area (Å²) in [6.45, 7) is 5.49. The van der Waals surface area contributed by atoms with Gasteiger partial charge in [0.05, 0.1) is 5.02 Å². The summed E-state index contributed by atoms with van der Waals surface area (Å²) in [4.78, 5) is 1.27. The minimum absolute atomic E-state index is 0.748. The van der Waals surface area contributed by atoms with Gasteiger partial charge in [-0.25, -0.2) is 0 Å². The normalized spacial score (nSPS) is 15.3. The number of hydrogen-bond donors (Lipinski definition) is 1. The van der Waals surface area contributed by atoms with Crippen LogP contribution in [-0.4, -0.2) is 11.8 Å². The highest BCUT2D eigenvalue weighted by Crippen LogP contribution is 2.32. The Balaban J connectivity index is 1.95. The SMILES string of the molecule is CC(C)CCSc1c(Cl)cccc1CNC1CC1. The number of rotatable bonds is 7. The van der Waals surface area contributed by atoms with Crippen molar-refractivity contribution in [3.05, 3.63) is 28.8 Å². The van der Waals surface area contributed by atoms with Crippen LogP contribution in [0.2, 0.25) is 5.02 Å². The van der Waals surface area contributed by atoms with Crippen molar-refractivity contribution in [2.45, 2.75) is 50.6 Å². The van der Waals surface area contributed by atoms with Crippen molar-refractivity contribution >= 4 is 23.4 Å². The van der Waals surface area contributed by atoms with Crippen molar-refractivity contribution in [3.63, 3.8) is 0 Å². The molecule has 1 saturated carbocycles. The average molecular weight is 284 g/mol. The molecule has 0 aromatic heterocycles. The van der Waals surface area contributed by atoms with Crippen LogP contribution >= 0.6 is 23.4 Å². The van der Waals surface area contributed by atoms with Gasteiger partial charge in [-0.2, -0.15) is 0 Å². The second-order valence-electron chi connectivity index (χ2n) is 5.41. The second-order valence-corrected chi connectivity index (χ2v) is 6.93. The van der Waals surface area contributed by atoms with Crippen molar-refractivity contribution in [2.24, 2.45) is 5.92 Å². The van der Waals surface area contributed by atoms with Gasteiger partial charge in [0.2, 0.25) is 0 Å². The third kappa shape index (κ3) is 4.49. The molecule has 0 atom stereocenters. The first-order chi connectivity index (χ1) is 8.66. The molecule has 1 aliphatic rings. The molecule has 1 nitrogen and oxygen atoms in total. The fourth-order valence-electron chi connectivity index (χ4n) is 1.79. The predicted molar refractivity (Wildman–Crippen MR) is 81.5 cm³/mol. The minimum Gasteiger partial charge on any atom is -0.310 e. The Morgan fingerprint density at radius 2 is 2.17 bits per heavy atom. The summed E-state index contributed by atoms with van der Waals surface area (Å²) < 4.78 is 0. The second kappa shape index (κ2) is 6.83. The molecule has 0 aliphatic heterocycles. The lowest BCUT2D eigenvalue weighted by molar-refractivity contribution is 0.632. The van der Waals surface area contributed by atoms with Crippen molar-refractivity contribution in [1.82, 2.24) is 5.32 Å². The van der Waals surface area contributed by atoms with Gasteiger partial charge in [-0.1, -0.05) is 37.6 Å². The zero-order chi connectivity index (χ0) is 13.0. The van der Waals surface area contributed by atoms with Gasteiger partial charge >= 0.3 is 0 Å². The minimum atomic E-state index is 0.748. The fourth-order valence-corrected chi connectivity index (χ4v) is 3.48. The lowest BCUT2D eigenvalue weighted by Crippen LogP contribution is -2.15. The maximum atomic E-state index is 6.33. The molecule has 1 aliphatic carbocycles. The molecule has 100 valence electrons. The summed E-state index contributed by atoms with van der Waals surface area (Å²) in [5.41, 5.74) is 1.35. The van der Waals surface area contributed by atoms with E-state index in [0.29, 0.717) is 0 Å². The van der Waals surface area contributed by atoms with Gasteiger partial charge in [0.15, 0.2) is 0 Å². The highest BCUT2D eigenvalue weighted by atomic mass is 35.5. The molecule has 0 spiro atoms. The van der Waals surface area contributed by atoms with Crippen LogP contribution in [0.15, 0.2) is 23.1 Å². The molecule has 3 heteroatoms. The molecule has 1 aromatic rings. The van der Waals surface area contributed by atoms with Crippen LogP contribution in [0.5, 0.6) is 0 Å². The third-order valence-corrected chi connectivity index (χ3v) is 4.79. The van der Waals surface area contributed by atoms with E-state index in [-0.39, 0.29) is 0 Å². The Hall–Kier alpha value is -0.180. The Morgan fingerprint density at radius 1 is 1.39 bits per heavy atom. The van der Waals surface area contributed by atoms with Crippen molar-refractivity contribution in [2.75, 3.05) is 5.75 Å². The molecule has 18 heavy (non-hydrogen) atoms. The Labute approximate surface area is 120 Å². The van der Waals surface area contributed by atoms with E-state index in [2.05, 4.69) is 31.3 Å². The van der Waals surface area contributed by atoms with E-state index in [1.54, 1.807) is 0 Å². The summed E-state index contributed by atoms with van der Waals surface area (Å²) in [5, 5.41) is 4.47. The molecule has 0 saturated heterocycles. The van der Waals surface area contributed by atoms with E-state index in [1.807, 2.05) is 17.8 Å². The van der Waals surface area contributed by atoms with Crippen LogP contribution in [0.1, 0.15) is 38.7 Å². The Morgan fingerprint density at radius 3 is 2.83 bits per heavy atom. The lowest BCUT2D eigenvalue weighted by Gasteiger charge is -2.12. The van der Waals surface area contributed by atoms with Crippen LogP contribution in [0.4, 0.5) is 0 Å². The predicted octanol–water partition coefficient (Wildman–Crippen LogP) is 4.73. The van der Waals surface area contributed by atoms with E-state index in [4.69, 9.17) is 11.6 Å². The van der Waals surface area contributed by atoms with Crippen molar-refractivity contribution in [1.29, 1.82) is 0 Å². The van der Waals surface area contributed by atoms with E-state index in [9.17, 15) is 0 Å². The van der Waals surface area contributed by atoms with E-state index >= 15 is 0 Å². The van der Waals surface area contributed by atoms with Crippen LogP contribution in [0.3, 0.4) is 0 Å². The molecule has 0 heterocycles. The first-order valence-electron chi connectivity index (χ1n) is 6.80. The van der Waals surface area contributed by atoms with Gasteiger partial charge in [0, 0.05) is 17.5 Å². The average Bonchev–Trinajstić information content (AvgIpc) is 3.12. The Kier molecular flexibility index (Phi) is 5.40. The van der Waals surface area contributed by atoms with Gasteiger partial charge < -0.3 is 5.32 Å². The fraction of sp³-hybridized carbons (Fsp3) is 0.600. The summed E-state index contributed by atoms with van der Waals surface area (Å²) in [7, 11) is 0. The van der Waals surface area contributed by atoms with Gasteiger partial charge in [-0.05, 0) is 42.6 Å². The highest BCUT2D eigenvalue weighted by molar-refractivity contribution is 7.99. The quantitative estimate of drug-likeness (QED) is 0.726. The van der Waals surface area contributed by atoms with Crippen molar-refractivity contribution in [3.8, 4) is 0 Å². The molecular weight excluding hydrogens is 262 g/mol. The first kappa shape index (κ1) is 14.2.